The van der Waals surface area contributed by atoms with E-state index in [1.54, 1.807) is 12.5 Å². The van der Waals surface area contributed by atoms with E-state index in [2.05, 4.69) is 4.98 Å². The summed E-state index contributed by atoms with van der Waals surface area (Å²) in [6.07, 6.45) is 5.75. The molecule has 0 atom stereocenters. The average molecular weight is 194 g/mol. The molecule has 1 aliphatic rings. The van der Waals surface area contributed by atoms with Crippen molar-refractivity contribution >= 4 is 5.97 Å². The summed E-state index contributed by atoms with van der Waals surface area (Å²) in [6.45, 7) is 2.89. The molecule has 1 heterocycles. The van der Waals surface area contributed by atoms with Crippen molar-refractivity contribution in [3.63, 3.8) is 0 Å². The van der Waals surface area contributed by atoms with Crippen LogP contribution in [0.3, 0.4) is 0 Å². The summed E-state index contributed by atoms with van der Waals surface area (Å²) < 4.78 is 2.00. The minimum Gasteiger partial charge on any atom is -0.481 e. The topological polar surface area (TPSA) is 55.1 Å². The summed E-state index contributed by atoms with van der Waals surface area (Å²) in [7, 11) is 0. The van der Waals surface area contributed by atoms with Gasteiger partial charge >= 0.3 is 5.97 Å². The number of rotatable bonds is 4. The van der Waals surface area contributed by atoms with Gasteiger partial charge in [-0.25, -0.2) is 4.98 Å². The molecule has 4 heteroatoms. The fourth-order valence-corrected chi connectivity index (χ4v) is 1.74. The van der Waals surface area contributed by atoms with Crippen molar-refractivity contribution in [2.24, 2.45) is 5.41 Å². The lowest BCUT2D eigenvalue weighted by Crippen LogP contribution is -2.19. The Hall–Kier alpha value is -1.32. The van der Waals surface area contributed by atoms with Gasteiger partial charge in [-0.3, -0.25) is 4.79 Å². The SMILES string of the molecule is CCn1cncc1CC1(C(=O)O)CC1. The second kappa shape index (κ2) is 3.12. The number of carbonyl (C=O) groups is 1. The number of aliphatic carboxylic acids is 1. The minimum absolute atomic E-state index is 0.479. The highest BCUT2D eigenvalue weighted by Gasteiger charge is 2.50. The molecule has 1 saturated carbocycles. The Balaban J connectivity index is 2.15. The minimum atomic E-state index is -0.665. The number of carboxylic acid groups (broad SMARTS) is 1. The standard InChI is InChI=1S/C10H14N2O2/c1-2-12-7-11-6-8(12)5-10(3-4-10)9(13)14/h6-7H,2-5H2,1H3,(H,13,14). The molecule has 1 aliphatic carbocycles. The second-order valence-corrected chi connectivity index (χ2v) is 3.93. The highest BCUT2D eigenvalue weighted by molar-refractivity contribution is 5.78. The molecule has 4 nitrogen and oxygen atoms in total. The summed E-state index contributed by atoms with van der Waals surface area (Å²) in [5, 5.41) is 9.04. The Labute approximate surface area is 82.6 Å². The molecule has 1 N–H and O–H groups in total. The van der Waals surface area contributed by atoms with E-state index in [0.717, 1.165) is 25.1 Å². The van der Waals surface area contributed by atoms with Crippen LogP contribution in [0.25, 0.3) is 0 Å². The number of aryl methyl sites for hydroxylation is 1. The zero-order valence-corrected chi connectivity index (χ0v) is 8.23. The van der Waals surface area contributed by atoms with Crippen molar-refractivity contribution in [2.75, 3.05) is 0 Å². The zero-order valence-electron chi connectivity index (χ0n) is 8.23. The first-order valence-electron chi connectivity index (χ1n) is 4.90. The summed E-state index contributed by atoms with van der Waals surface area (Å²) in [4.78, 5) is 15.0. The molecule has 0 radical (unpaired) electrons. The first kappa shape index (κ1) is 9.24. The lowest BCUT2D eigenvalue weighted by atomic mass is 10.0. The van der Waals surface area contributed by atoms with Gasteiger partial charge in [-0.15, -0.1) is 0 Å². The number of aromatic nitrogens is 2. The molecule has 2 rings (SSSR count). The number of carboxylic acids is 1. The van der Waals surface area contributed by atoms with Crippen LogP contribution in [0, 0.1) is 5.41 Å². The first-order chi connectivity index (χ1) is 6.68. The smallest absolute Gasteiger partial charge is 0.310 e. The maximum Gasteiger partial charge on any atom is 0.310 e. The third kappa shape index (κ3) is 1.41. The summed E-state index contributed by atoms with van der Waals surface area (Å²) in [5.74, 6) is -0.665. The van der Waals surface area contributed by atoms with Crippen LogP contribution < -0.4 is 0 Å². The van der Waals surface area contributed by atoms with Gasteiger partial charge in [-0.05, 0) is 19.8 Å². The molecule has 0 amide bonds. The first-order valence-corrected chi connectivity index (χ1v) is 4.90. The van der Waals surface area contributed by atoms with Crippen molar-refractivity contribution in [3.8, 4) is 0 Å². The van der Waals surface area contributed by atoms with Crippen molar-refractivity contribution in [1.29, 1.82) is 0 Å². The molecule has 0 saturated heterocycles. The van der Waals surface area contributed by atoms with Crippen LogP contribution in [0.5, 0.6) is 0 Å². The van der Waals surface area contributed by atoms with E-state index in [4.69, 9.17) is 5.11 Å². The van der Waals surface area contributed by atoms with Crippen LogP contribution in [-0.2, 0) is 17.8 Å². The van der Waals surface area contributed by atoms with Gasteiger partial charge in [0.25, 0.3) is 0 Å². The molecule has 14 heavy (non-hydrogen) atoms. The van der Waals surface area contributed by atoms with Gasteiger partial charge in [0.15, 0.2) is 0 Å². The van der Waals surface area contributed by atoms with Crippen LogP contribution in [0.15, 0.2) is 12.5 Å². The molecule has 0 unspecified atom stereocenters. The zero-order chi connectivity index (χ0) is 10.2. The summed E-state index contributed by atoms with van der Waals surface area (Å²) in [5.41, 5.74) is 0.555. The van der Waals surface area contributed by atoms with Crippen molar-refractivity contribution in [1.82, 2.24) is 9.55 Å². The number of imidazole rings is 1. The average Bonchev–Trinajstić information content (AvgIpc) is 2.79. The predicted molar refractivity (Wildman–Crippen MR) is 50.9 cm³/mol. The molecular weight excluding hydrogens is 180 g/mol. The molecule has 0 aliphatic heterocycles. The Bertz CT molecular complexity index is 353. The molecule has 1 aromatic rings. The number of nitrogens with zero attached hydrogens (tertiary/aromatic N) is 2. The van der Waals surface area contributed by atoms with Crippen molar-refractivity contribution < 1.29 is 9.90 Å². The largest absolute Gasteiger partial charge is 0.481 e. The fourth-order valence-electron chi connectivity index (χ4n) is 1.74. The highest BCUT2D eigenvalue weighted by atomic mass is 16.4. The van der Waals surface area contributed by atoms with Gasteiger partial charge in [0.1, 0.15) is 0 Å². The Morgan fingerprint density at radius 3 is 2.93 bits per heavy atom. The van der Waals surface area contributed by atoms with Crippen LogP contribution >= 0.6 is 0 Å². The predicted octanol–water partition coefficient (Wildman–Crippen LogP) is 1.31. The van der Waals surface area contributed by atoms with Crippen molar-refractivity contribution in [3.05, 3.63) is 18.2 Å². The highest BCUT2D eigenvalue weighted by Crippen LogP contribution is 2.48. The molecule has 0 spiro atoms. The van der Waals surface area contributed by atoms with Gasteiger partial charge in [-0.2, -0.15) is 0 Å². The molecule has 1 aromatic heterocycles. The third-order valence-electron chi connectivity index (χ3n) is 2.97. The molecular formula is C10H14N2O2. The van der Waals surface area contributed by atoms with Crippen LogP contribution in [0.4, 0.5) is 0 Å². The van der Waals surface area contributed by atoms with Gasteiger partial charge < -0.3 is 9.67 Å². The van der Waals surface area contributed by atoms with Gasteiger partial charge in [-0.1, -0.05) is 0 Å². The fraction of sp³-hybridized carbons (Fsp3) is 0.600. The van der Waals surface area contributed by atoms with Gasteiger partial charge in [0.2, 0.25) is 0 Å². The van der Waals surface area contributed by atoms with E-state index >= 15 is 0 Å². The maximum absolute atomic E-state index is 11.0. The lowest BCUT2D eigenvalue weighted by molar-refractivity contribution is -0.143. The Morgan fingerprint density at radius 1 is 1.71 bits per heavy atom. The number of hydrogen-bond donors (Lipinski definition) is 1. The number of hydrogen-bond acceptors (Lipinski definition) is 2. The summed E-state index contributed by atoms with van der Waals surface area (Å²) in [6, 6.07) is 0. The van der Waals surface area contributed by atoms with E-state index < -0.39 is 11.4 Å². The normalized spacial score (nSPS) is 18.1. The summed E-state index contributed by atoms with van der Waals surface area (Å²) >= 11 is 0. The molecule has 0 aromatic carbocycles. The van der Waals surface area contributed by atoms with E-state index in [1.165, 1.54) is 0 Å². The lowest BCUT2D eigenvalue weighted by Gasteiger charge is -2.10. The monoisotopic (exact) mass is 194 g/mol. The Kier molecular flexibility index (Phi) is 2.06. The molecule has 1 fully saturated rings. The van der Waals surface area contributed by atoms with E-state index in [9.17, 15) is 4.79 Å². The molecule has 0 bridgehead atoms. The third-order valence-corrected chi connectivity index (χ3v) is 2.97. The van der Waals surface area contributed by atoms with Crippen LogP contribution in [0.2, 0.25) is 0 Å². The van der Waals surface area contributed by atoms with E-state index in [1.807, 2.05) is 11.5 Å². The maximum atomic E-state index is 11.0. The second-order valence-electron chi connectivity index (χ2n) is 3.93. The van der Waals surface area contributed by atoms with E-state index in [-0.39, 0.29) is 0 Å². The van der Waals surface area contributed by atoms with Crippen LogP contribution in [-0.4, -0.2) is 20.6 Å². The molecule has 76 valence electrons. The van der Waals surface area contributed by atoms with Crippen LogP contribution in [0.1, 0.15) is 25.5 Å². The quantitative estimate of drug-likeness (QED) is 0.786. The van der Waals surface area contributed by atoms with Gasteiger partial charge in [0, 0.05) is 24.9 Å². The van der Waals surface area contributed by atoms with E-state index in [0.29, 0.717) is 6.42 Å². The Morgan fingerprint density at radius 2 is 2.43 bits per heavy atom. The van der Waals surface area contributed by atoms with Crippen molar-refractivity contribution in [2.45, 2.75) is 32.7 Å². The van der Waals surface area contributed by atoms with Gasteiger partial charge in [0.05, 0.1) is 11.7 Å².